The van der Waals surface area contributed by atoms with Crippen molar-refractivity contribution in [3.8, 4) is 5.75 Å². The lowest BCUT2D eigenvalue weighted by molar-refractivity contribution is -0.114. The Morgan fingerprint density at radius 1 is 0.810 bits per heavy atom. The van der Waals surface area contributed by atoms with Crippen LogP contribution in [0.4, 0.5) is 11.4 Å². The maximum Gasteiger partial charge on any atom is 0.339 e. The molecule has 3 amide bonds. The highest BCUT2D eigenvalue weighted by atomic mass is 35.5. The molecule has 0 aliphatic carbocycles. The molecule has 4 aromatic carbocycles. The second-order valence-electron chi connectivity index (χ2n) is 8.79. The van der Waals surface area contributed by atoms with Crippen LogP contribution in [-0.2, 0) is 9.59 Å². The lowest BCUT2D eigenvalue weighted by atomic mass is 10.1. The summed E-state index contributed by atoms with van der Waals surface area (Å²) in [7, 11) is 0. The molecule has 0 saturated heterocycles. The third kappa shape index (κ3) is 8.47. The van der Waals surface area contributed by atoms with E-state index in [-0.39, 0.29) is 22.7 Å². The van der Waals surface area contributed by atoms with Crippen LogP contribution in [0, 0.1) is 0 Å². The molecule has 212 valence electrons. The minimum absolute atomic E-state index is 0.00443. The molecule has 4 aromatic rings. The maximum absolute atomic E-state index is 13.3. The van der Waals surface area contributed by atoms with Crippen molar-refractivity contribution in [2.45, 2.75) is 4.90 Å². The molecule has 0 heterocycles. The fourth-order valence-electron chi connectivity index (χ4n) is 3.66. The van der Waals surface area contributed by atoms with Crippen LogP contribution in [0.5, 0.6) is 5.75 Å². The monoisotopic (exact) mass is 601 g/mol. The highest BCUT2D eigenvalue weighted by Crippen LogP contribution is 2.24. The lowest BCUT2D eigenvalue weighted by Gasteiger charge is -2.12. The van der Waals surface area contributed by atoms with Gasteiger partial charge in [0.25, 0.3) is 11.8 Å². The van der Waals surface area contributed by atoms with Crippen LogP contribution in [-0.4, -0.2) is 39.7 Å². The number of anilines is 2. The van der Waals surface area contributed by atoms with E-state index >= 15 is 0 Å². The fraction of sp³-hybridized carbons (Fsp3) is 0.0323. The summed E-state index contributed by atoms with van der Waals surface area (Å²) < 4.78 is 0. The first-order valence-electron chi connectivity index (χ1n) is 12.4. The standard InChI is InChI=1S/C31H24ClN3O6S/c32-21-11-9-19(10-12-21)15-26(35-29(38)20-5-2-1-3-6-20)30(39)34-22-7-4-8-24(16-22)42-18-28(37)33-23-13-14-27(36)25(17-23)31(40)41/h1-17,36H,18H2,(H,33,37)(H,34,39)(H,35,38)(H,40,41)/b26-15-. The normalized spacial score (nSPS) is 10.9. The zero-order valence-electron chi connectivity index (χ0n) is 21.8. The Labute approximate surface area is 250 Å². The number of carbonyl (C=O) groups excluding carboxylic acids is 3. The van der Waals surface area contributed by atoms with Crippen molar-refractivity contribution in [3.05, 3.63) is 124 Å². The minimum atomic E-state index is -1.32. The third-order valence-electron chi connectivity index (χ3n) is 5.68. The Kier molecular flexibility index (Phi) is 9.99. The van der Waals surface area contributed by atoms with Gasteiger partial charge in [-0.25, -0.2) is 4.79 Å². The summed E-state index contributed by atoms with van der Waals surface area (Å²) in [5, 5.41) is 27.4. The molecule has 0 aromatic heterocycles. The number of carboxylic acid groups (broad SMARTS) is 1. The molecule has 0 aliphatic heterocycles. The fourth-order valence-corrected chi connectivity index (χ4v) is 4.54. The first-order valence-corrected chi connectivity index (χ1v) is 13.8. The van der Waals surface area contributed by atoms with Gasteiger partial charge in [-0.05, 0) is 72.3 Å². The van der Waals surface area contributed by atoms with Crippen LogP contribution in [0.2, 0.25) is 5.02 Å². The van der Waals surface area contributed by atoms with Gasteiger partial charge < -0.3 is 26.2 Å². The average Bonchev–Trinajstić information content (AvgIpc) is 2.98. The second-order valence-corrected chi connectivity index (χ2v) is 10.3. The highest BCUT2D eigenvalue weighted by molar-refractivity contribution is 8.00. The Hall–Kier alpha value is -5.06. The molecular weight excluding hydrogens is 578 g/mol. The summed E-state index contributed by atoms with van der Waals surface area (Å²) in [6.45, 7) is 0. The van der Waals surface area contributed by atoms with Crippen molar-refractivity contribution in [1.82, 2.24) is 5.32 Å². The predicted molar refractivity (Wildman–Crippen MR) is 163 cm³/mol. The van der Waals surface area contributed by atoms with Crippen molar-refractivity contribution >= 4 is 64.5 Å². The van der Waals surface area contributed by atoms with Crippen LogP contribution in [0.1, 0.15) is 26.3 Å². The van der Waals surface area contributed by atoms with E-state index in [0.29, 0.717) is 26.7 Å². The summed E-state index contributed by atoms with van der Waals surface area (Å²) in [5.41, 5.74) is 1.39. The Bertz CT molecular complexity index is 1660. The summed E-state index contributed by atoms with van der Waals surface area (Å²) >= 11 is 7.18. The van der Waals surface area contributed by atoms with Gasteiger partial charge in [-0.2, -0.15) is 0 Å². The van der Waals surface area contributed by atoms with Crippen LogP contribution < -0.4 is 16.0 Å². The molecule has 0 spiro atoms. The maximum atomic E-state index is 13.3. The van der Waals surface area contributed by atoms with Gasteiger partial charge in [0.1, 0.15) is 17.0 Å². The topological polar surface area (TPSA) is 145 Å². The van der Waals surface area contributed by atoms with Crippen LogP contribution in [0.15, 0.2) is 108 Å². The minimum Gasteiger partial charge on any atom is -0.507 e. The number of carboxylic acids is 1. The number of amides is 3. The van der Waals surface area contributed by atoms with Crippen molar-refractivity contribution in [3.63, 3.8) is 0 Å². The third-order valence-corrected chi connectivity index (χ3v) is 6.93. The largest absolute Gasteiger partial charge is 0.507 e. The number of halogens is 1. The van der Waals surface area contributed by atoms with Crippen molar-refractivity contribution in [1.29, 1.82) is 0 Å². The number of hydrogen-bond acceptors (Lipinski definition) is 6. The van der Waals surface area contributed by atoms with Gasteiger partial charge in [0.05, 0.1) is 5.75 Å². The molecular formula is C31H24ClN3O6S. The second kappa shape index (κ2) is 14.0. The van der Waals surface area contributed by atoms with E-state index in [1.165, 1.54) is 36.0 Å². The zero-order chi connectivity index (χ0) is 30.1. The predicted octanol–water partition coefficient (Wildman–Crippen LogP) is 5.88. The van der Waals surface area contributed by atoms with Gasteiger partial charge >= 0.3 is 5.97 Å². The molecule has 0 fully saturated rings. The molecule has 0 aliphatic rings. The van der Waals surface area contributed by atoms with E-state index in [9.17, 15) is 24.3 Å². The van der Waals surface area contributed by atoms with Crippen molar-refractivity contribution in [2.24, 2.45) is 0 Å². The number of aromatic hydroxyl groups is 1. The molecule has 9 nitrogen and oxygen atoms in total. The summed E-state index contributed by atoms with van der Waals surface area (Å²) in [4.78, 5) is 50.4. The molecule has 42 heavy (non-hydrogen) atoms. The van der Waals surface area contributed by atoms with Gasteiger partial charge in [0, 0.05) is 26.9 Å². The molecule has 0 atom stereocenters. The van der Waals surface area contributed by atoms with Crippen LogP contribution in [0.25, 0.3) is 6.08 Å². The first kappa shape index (κ1) is 29.9. The number of hydrogen-bond donors (Lipinski definition) is 5. The summed E-state index contributed by atoms with van der Waals surface area (Å²) in [5.74, 6) is -3.13. The van der Waals surface area contributed by atoms with Gasteiger partial charge in [0.2, 0.25) is 5.91 Å². The molecule has 0 radical (unpaired) electrons. The van der Waals surface area contributed by atoms with Gasteiger partial charge in [-0.15, -0.1) is 11.8 Å². The number of nitrogens with one attached hydrogen (secondary N) is 3. The summed E-state index contributed by atoms with van der Waals surface area (Å²) in [6, 6.07) is 25.8. The SMILES string of the molecule is O=C(CSc1cccc(NC(=O)/C(=C/c2ccc(Cl)cc2)NC(=O)c2ccccc2)c1)Nc1ccc(O)c(C(=O)O)c1. The first-order chi connectivity index (χ1) is 20.2. The molecule has 0 unspecified atom stereocenters. The van der Waals surface area contributed by atoms with E-state index in [0.717, 1.165) is 0 Å². The van der Waals surface area contributed by atoms with Crippen LogP contribution in [0.3, 0.4) is 0 Å². The number of carbonyl (C=O) groups is 4. The average molecular weight is 602 g/mol. The Balaban J connectivity index is 1.43. The molecule has 0 bridgehead atoms. The number of benzene rings is 4. The number of thioether (sulfide) groups is 1. The van der Waals surface area contributed by atoms with Crippen molar-refractivity contribution in [2.75, 3.05) is 16.4 Å². The summed E-state index contributed by atoms with van der Waals surface area (Å²) in [6.07, 6.45) is 1.54. The van der Waals surface area contributed by atoms with E-state index in [2.05, 4.69) is 16.0 Å². The zero-order valence-corrected chi connectivity index (χ0v) is 23.4. The van der Waals surface area contributed by atoms with Crippen molar-refractivity contribution < 1.29 is 29.4 Å². The smallest absolute Gasteiger partial charge is 0.339 e. The van der Waals surface area contributed by atoms with E-state index in [1.54, 1.807) is 78.9 Å². The molecule has 4 rings (SSSR count). The Morgan fingerprint density at radius 3 is 2.24 bits per heavy atom. The highest BCUT2D eigenvalue weighted by Gasteiger charge is 2.16. The van der Waals surface area contributed by atoms with E-state index in [4.69, 9.17) is 16.7 Å². The van der Waals surface area contributed by atoms with E-state index < -0.39 is 29.4 Å². The van der Waals surface area contributed by atoms with Crippen LogP contribution >= 0.6 is 23.4 Å². The van der Waals surface area contributed by atoms with Gasteiger partial charge in [-0.1, -0.05) is 48.0 Å². The Morgan fingerprint density at radius 2 is 1.52 bits per heavy atom. The molecule has 11 heteroatoms. The molecule has 5 N–H and O–H groups in total. The number of aromatic carboxylic acids is 1. The quantitative estimate of drug-likeness (QED) is 0.0866. The number of phenols is 1. The van der Waals surface area contributed by atoms with Gasteiger partial charge in [-0.3, -0.25) is 14.4 Å². The molecule has 0 saturated carbocycles. The van der Waals surface area contributed by atoms with E-state index in [1.807, 2.05) is 0 Å². The lowest BCUT2D eigenvalue weighted by Crippen LogP contribution is -2.30. The number of rotatable bonds is 10. The van der Waals surface area contributed by atoms with Gasteiger partial charge in [0.15, 0.2) is 0 Å².